The molecule has 0 aromatic heterocycles. The van der Waals surface area contributed by atoms with Gasteiger partial charge in [-0.1, -0.05) is 6.92 Å². The Balaban J connectivity index is 2.16. The smallest absolute Gasteiger partial charge is 0.251 e. The van der Waals surface area contributed by atoms with Crippen molar-refractivity contribution >= 4 is 17.3 Å². The number of amides is 1. The van der Waals surface area contributed by atoms with Crippen LogP contribution in [0, 0.1) is 5.92 Å². The van der Waals surface area contributed by atoms with Gasteiger partial charge in [0.15, 0.2) is 0 Å². The Kier molecular flexibility index (Phi) is 4.49. The van der Waals surface area contributed by atoms with Gasteiger partial charge in [0.1, 0.15) is 0 Å². The summed E-state index contributed by atoms with van der Waals surface area (Å²) < 4.78 is 0. The normalized spacial score (nSPS) is 22.6. The summed E-state index contributed by atoms with van der Waals surface area (Å²) in [5, 5.41) is 12.5. The van der Waals surface area contributed by atoms with Crippen LogP contribution in [-0.2, 0) is 0 Å². The van der Waals surface area contributed by atoms with Gasteiger partial charge in [-0.25, -0.2) is 0 Å². The number of aliphatic hydroxyl groups is 1. The second-order valence-corrected chi connectivity index (χ2v) is 5.41. The number of hydrogen-bond donors (Lipinski definition) is 3. The van der Waals surface area contributed by atoms with Gasteiger partial charge in [-0.2, -0.15) is 0 Å². The summed E-state index contributed by atoms with van der Waals surface area (Å²) in [5.41, 5.74) is 8.21. The molecule has 2 atom stereocenters. The van der Waals surface area contributed by atoms with E-state index in [9.17, 15) is 9.90 Å². The van der Waals surface area contributed by atoms with E-state index in [2.05, 4.69) is 10.2 Å². The van der Waals surface area contributed by atoms with Crippen molar-refractivity contribution in [3.05, 3.63) is 23.8 Å². The van der Waals surface area contributed by atoms with E-state index in [4.69, 9.17) is 5.73 Å². The van der Waals surface area contributed by atoms with Crippen LogP contribution in [0.25, 0.3) is 0 Å². The SMILES string of the molecule is CCNC(=O)c1ccc(N2CCC(O)C(C)C2)c(N)c1. The number of hydrogen-bond acceptors (Lipinski definition) is 4. The first kappa shape index (κ1) is 14.7. The Bertz CT molecular complexity index is 490. The van der Waals surface area contributed by atoms with Crippen LogP contribution in [0.4, 0.5) is 11.4 Å². The molecule has 1 amide bonds. The van der Waals surface area contributed by atoms with Crippen LogP contribution < -0.4 is 16.0 Å². The molecule has 1 aromatic rings. The zero-order valence-corrected chi connectivity index (χ0v) is 12.1. The standard InChI is InChI=1S/C15H23N3O2/c1-3-17-15(20)11-4-5-13(12(16)8-11)18-7-6-14(19)10(2)9-18/h4-5,8,10,14,19H,3,6-7,9,16H2,1-2H3,(H,17,20). The zero-order valence-electron chi connectivity index (χ0n) is 12.1. The molecule has 4 N–H and O–H groups in total. The van der Waals surface area contributed by atoms with Crippen LogP contribution in [0.5, 0.6) is 0 Å². The molecule has 5 heteroatoms. The van der Waals surface area contributed by atoms with E-state index in [1.54, 1.807) is 12.1 Å². The monoisotopic (exact) mass is 277 g/mol. The number of benzene rings is 1. The Labute approximate surface area is 119 Å². The number of piperidine rings is 1. The van der Waals surface area contributed by atoms with Crippen molar-refractivity contribution in [3.63, 3.8) is 0 Å². The minimum Gasteiger partial charge on any atom is -0.397 e. The molecule has 5 nitrogen and oxygen atoms in total. The molecule has 0 bridgehead atoms. The van der Waals surface area contributed by atoms with Crippen LogP contribution in [0.2, 0.25) is 0 Å². The second kappa shape index (κ2) is 6.13. The number of anilines is 2. The third kappa shape index (κ3) is 3.04. The maximum atomic E-state index is 11.8. The highest BCUT2D eigenvalue weighted by Gasteiger charge is 2.25. The second-order valence-electron chi connectivity index (χ2n) is 5.41. The summed E-state index contributed by atoms with van der Waals surface area (Å²) in [7, 11) is 0. The summed E-state index contributed by atoms with van der Waals surface area (Å²) >= 11 is 0. The van der Waals surface area contributed by atoms with Gasteiger partial charge in [0, 0.05) is 25.2 Å². The van der Waals surface area contributed by atoms with Gasteiger partial charge < -0.3 is 21.1 Å². The van der Waals surface area contributed by atoms with Crippen LogP contribution in [0.15, 0.2) is 18.2 Å². The molecular weight excluding hydrogens is 254 g/mol. The van der Waals surface area contributed by atoms with Crippen molar-refractivity contribution in [2.24, 2.45) is 5.92 Å². The van der Waals surface area contributed by atoms with Gasteiger partial charge in [-0.15, -0.1) is 0 Å². The predicted octanol–water partition coefficient (Wildman–Crippen LogP) is 1.23. The average Bonchev–Trinajstić information content (AvgIpc) is 2.42. The van der Waals surface area contributed by atoms with Crippen molar-refractivity contribution < 1.29 is 9.90 Å². The molecule has 0 saturated carbocycles. The highest BCUT2D eigenvalue weighted by Crippen LogP contribution is 2.29. The number of nitrogen functional groups attached to an aromatic ring is 1. The largest absolute Gasteiger partial charge is 0.397 e. The molecule has 0 spiro atoms. The van der Waals surface area contributed by atoms with Crippen LogP contribution in [-0.4, -0.2) is 36.8 Å². The van der Waals surface area contributed by atoms with Gasteiger partial charge in [0.05, 0.1) is 17.5 Å². The van der Waals surface area contributed by atoms with Crippen LogP contribution in [0.3, 0.4) is 0 Å². The van der Waals surface area contributed by atoms with Crippen LogP contribution in [0.1, 0.15) is 30.6 Å². The third-order valence-corrected chi connectivity index (χ3v) is 3.83. The molecule has 1 aromatic carbocycles. The molecule has 1 fully saturated rings. The van der Waals surface area contributed by atoms with E-state index in [1.807, 2.05) is 19.9 Å². The first-order valence-corrected chi connectivity index (χ1v) is 7.13. The molecule has 1 aliphatic rings. The number of carbonyl (C=O) groups is 1. The van der Waals surface area contributed by atoms with Crippen LogP contribution >= 0.6 is 0 Å². The van der Waals surface area contributed by atoms with E-state index in [0.717, 1.165) is 25.2 Å². The van der Waals surface area contributed by atoms with Crippen molar-refractivity contribution in [3.8, 4) is 0 Å². The minimum absolute atomic E-state index is 0.104. The average molecular weight is 277 g/mol. The van der Waals surface area contributed by atoms with Gasteiger partial charge in [-0.3, -0.25) is 4.79 Å². The quantitative estimate of drug-likeness (QED) is 0.726. The van der Waals surface area contributed by atoms with E-state index < -0.39 is 0 Å². The Morgan fingerprint density at radius 3 is 2.90 bits per heavy atom. The number of nitrogens with two attached hydrogens (primary N) is 1. The Morgan fingerprint density at radius 2 is 2.30 bits per heavy atom. The number of aliphatic hydroxyl groups excluding tert-OH is 1. The fourth-order valence-corrected chi connectivity index (χ4v) is 2.60. The van der Waals surface area contributed by atoms with E-state index in [-0.39, 0.29) is 17.9 Å². The summed E-state index contributed by atoms with van der Waals surface area (Å²) in [6.07, 6.45) is 0.515. The van der Waals surface area contributed by atoms with Gasteiger partial charge in [-0.05, 0) is 37.5 Å². The number of rotatable bonds is 3. The molecular formula is C15H23N3O2. The zero-order chi connectivity index (χ0) is 14.7. The summed E-state index contributed by atoms with van der Waals surface area (Å²) in [6, 6.07) is 5.41. The van der Waals surface area contributed by atoms with Gasteiger partial charge in [0.2, 0.25) is 0 Å². The van der Waals surface area contributed by atoms with E-state index in [0.29, 0.717) is 17.8 Å². The maximum absolute atomic E-state index is 11.8. The fraction of sp³-hybridized carbons (Fsp3) is 0.533. The van der Waals surface area contributed by atoms with Gasteiger partial charge >= 0.3 is 0 Å². The summed E-state index contributed by atoms with van der Waals surface area (Å²) in [4.78, 5) is 13.9. The predicted molar refractivity (Wildman–Crippen MR) is 80.9 cm³/mol. The number of carbonyl (C=O) groups excluding carboxylic acids is 1. The molecule has 2 unspecified atom stereocenters. The lowest BCUT2D eigenvalue weighted by atomic mass is 9.96. The van der Waals surface area contributed by atoms with Crippen molar-refractivity contribution in [1.82, 2.24) is 5.32 Å². The lowest BCUT2D eigenvalue weighted by Gasteiger charge is -2.36. The summed E-state index contributed by atoms with van der Waals surface area (Å²) in [6.45, 7) is 6.09. The maximum Gasteiger partial charge on any atom is 0.251 e. The molecule has 1 saturated heterocycles. The van der Waals surface area contributed by atoms with E-state index in [1.165, 1.54) is 0 Å². The summed E-state index contributed by atoms with van der Waals surface area (Å²) in [5.74, 6) is 0.124. The first-order chi connectivity index (χ1) is 9.52. The van der Waals surface area contributed by atoms with Crippen molar-refractivity contribution in [1.29, 1.82) is 0 Å². The Hall–Kier alpha value is -1.75. The molecule has 20 heavy (non-hydrogen) atoms. The lowest BCUT2D eigenvalue weighted by Crippen LogP contribution is -2.42. The molecule has 1 heterocycles. The highest BCUT2D eigenvalue weighted by molar-refractivity contribution is 5.96. The van der Waals surface area contributed by atoms with Crippen molar-refractivity contribution in [2.75, 3.05) is 30.3 Å². The molecule has 1 aliphatic heterocycles. The fourth-order valence-electron chi connectivity index (χ4n) is 2.60. The Morgan fingerprint density at radius 1 is 1.55 bits per heavy atom. The van der Waals surface area contributed by atoms with E-state index >= 15 is 0 Å². The number of nitrogens with one attached hydrogen (secondary N) is 1. The van der Waals surface area contributed by atoms with Gasteiger partial charge in [0.25, 0.3) is 5.91 Å². The molecule has 2 rings (SSSR count). The third-order valence-electron chi connectivity index (χ3n) is 3.83. The molecule has 0 aliphatic carbocycles. The lowest BCUT2D eigenvalue weighted by molar-refractivity contribution is 0.0955. The topological polar surface area (TPSA) is 78.6 Å². The molecule has 0 radical (unpaired) electrons. The number of nitrogens with zero attached hydrogens (tertiary/aromatic N) is 1. The molecule has 110 valence electrons. The minimum atomic E-state index is -0.234. The van der Waals surface area contributed by atoms with Crippen molar-refractivity contribution in [2.45, 2.75) is 26.4 Å². The first-order valence-electron chi connectivity index (χ1n) is 7.13. The highest BCUT2D eigenvalue weighted by atomic mass is 16.3.